The number of methoxy groups -OCH3 is 1. The third-order valence-corrected chi connectivity index (χ3v) is 5.17. The van der Waals surface area contributed by atoms with Crippen LogP contribution in [0.4, 0.5) is 0 Å². The van der Waals surface area contributed by atoms with Crippen LogP contribution < -0.4 is 0 Å². The first-order valence-electron chi connectivity index (χ1n) is 5.62. The van der Waals surface area contributed by atoms with E-state index in [4.69, 9.17) is 4.74 Å². The highest BCUT2D eigenvalue weighted by Gasteiger charge is 2.34. The quantitative estimate of drug-likeness (QED) is 0.738. The molecule has 0 N–H and O–H groups in total. The van der Waals surface area contributed by atoms with Crippen molar-refractivity contribution in [2.75, 3.05) is 7.11 Å². The van der Waals surface area contributed by atoms with E-state index in [0.29, 0.717) is 0 Å². The maximum absolute atomic E-state index is 12.5. The van der Waals surface area contributed by atoms with E-state index in [9.17, 15) is 4.79 Å². The highest BCUT2D eigenvalue weighted by Crippen LogP contribution is 2.46. The monoisotopic (exact) mass is 322 g/mol. The lowest BCUT2D eigenvalue weighted by atomic mass is 10.0. The number of carbonyl (C=O) groups is 1. The van der Waals surface area contributed by atoms with Gasteiger partial charge in [0, 0.05) is 23.1 Å². The van der Waals surface area contributed by atoms with Crippen LogP contribution in [0.3, 0.4) is 0 Å². The highest BCUT2D eigenvalue weighted by molar-refractivity contribution is 9.09. The lowest BCUT2D eigenvalue weighted by Crippen LogP contribution is -2.06. The number of benzene rings is 1. The number of ether oxygens (including phenoxy) is 1. The van der Waals surface area contributed by atoms with E-state index < -0.39 is 0 Å². The Bertz CT molecular complexity index is 605. The number of hydrogen-bond acceptors (Lipinski definition) is 3. The third kappa shape index (κ3) is 1.67. The van der Waals surface area contributed by atoms with Gasteiger partial charge in [0.05, 0.1) is 4.83 Å². The van der Waals surface area contributed by atoms with Gasteiger partial charge in [-0.05, 0) is 17.0 Å². The van der Waals surface area contributed by atoms with E-state index in [1.54, 1.807) is 18.4 Å². The summed E-state index contributed by atoms with van der Waals surface area (Å²) in [4.78, 5) is 13.5. The minimum absolute atomic E-state index is 0.00236. The number of halogens is 1. The van der Waals surface area contributed by atoms with Crippen molar-refractivity contribution in [2.45, 2.75) is 10.9 Å². The first-order valence-corrected chi connectivity index (χ1v) is 7.41. The average Bonchev–Trinajstić information content (AvgIpc) is 2.85. The molecule has 1 aromatic heterocycles. The zero-order valence-electron chi connectivity index (χ0n) is 9.72. The highest BCUT2D eigenvalue weighted by atomic mass is 79.9. The smallest absolute Gasteiger partial charge is 0.194 e. The molecule has 0 bridgehead atoms. The van der Waals surface area contributed by atoms with Gasteiger partial charge in [0.2, 0.25) is 0 Å². The zero-order chi connectivity index (χ0) is 12.7. The van der Waals surface area contributed by atoms with Gasteiger partial charge < -0.3 is 4.74 Å². The number of alkyl halides is 1. The minimum Gasteiger partial charge on any atom is -0.374 e. The molecule has 0 saturated carbocycles. The standard InChI is InChI=1S/C14H11BrO2S/c1-17-13-11(15)8-4-2-3-5-9(8)12(16)10-6-7-18-14(10)13/h2-7,11,13H,1H3. The zero-order valence-corrected chi connectivity index (χ0v) is 12.1. The molecular formula is C14H11BrO2S. The Kier molecular flexibility index (Phi) is 3.09. The van der Waals surface area contributed by atoms with Gasteiger partial charge in [-0.2, -0.15) is 0 Å². The Morgan fingerprint density at radius 1 is 1.22 bits per heavy atom. The number of hydrogen-bond donors (Lipinski definition) is 0. The first-order chi connectivity index (χ1) is 8.74. The molecule has 2 atom stereocenters. The fourth-order valence-corrected chi connectivity index (χ4v) is 4.40. The molecule has 0 aliphatic heterocycles. The van der Waals surface area contributed by atoms with Crippen molar-refractivity contribution in [3.8, 4) is 0 Å². The number of thiophene rings is 1. The Morgan fingerprint density at radius 2 is 2.00 bits per heavy atom. The summed E-state index contributed by atoms with van der Waals surface area (Å²) in [6.07, 6.45) is -0.118. The summed E-state index contributed by atoms with van der Waals surface area (Å²) in [5.41, 5.74) is 2.53. The second kappa shape index (κ2) is 4.61. The summed E-state index contributed by atoms with van der Waals surface area (Å²) >= 11 is 5.25. The van der Waals surface area contributed by atoms with Gasteiger partial charge in [0.15, 0.2) is 5.78 Å². The molecule has 0 fully saturated rings. The van der Waals surface area contributed by atoms with Gasteiger partial charge >= 0.3 is 0 Å². The summed E-state index contributed by atoms with van der Waals surface area (Å²) in [7, 11) is 1.68. The number of rotatable bonds is 1. The molecule has 0 spiro atoms. The molecule has 92 valence electrons. The largest absolute Gasteiger partial charge is 0.374 e. The predicted octanol–water partition coefficient (Wildman–Crippen LogP) is 4.12. The molecule has 0 saturated heterocycles. The molecule has 18 heavy (non-hydrogen) atoms. The lowest BCUT2D eigenvalue weighted by Gasteiger charge is -2.19. The summed E-state index contributed by atoms with van der Waals surface area (Å²) < 4.78 is 5.58. The summed E-state index contributed by atoms with van der Waals surface area (Å²) in [6.45, 7) is 0. The maximum atomic E-state index is 12.5. The van der Waals surface area contributed by atoms with E-state index in [1.807, 2.05) is 35.7 Å². The van der Waals surface area contributed by atoms with Crippen molar-refractivity contribution in [1.29, 1.82) is 0 Å². The van der Waals surface area contributed by atoms with Crippen LogP contribution in [0.25, 0.3) is 0 Å². The topological polar surface area (TPSA) is 26.3 Å². The Balaban J connectivity index is 2.28. The van der Waals surface area contributed by atoms with Crippen LogP contribution >= 0.6 is 27.3 Å². The van der Waals surface area contributed by atoms with Gasteiger partial charge in [-0.15, -0.1) is 11.3 Å². The molecule has 2 aromatic rings. The van der Waals surface area contributed by atoms with Crippen LogP contribution in [-0.2, 0) is 4.74 Å². The molecule has 1 heterocycles. The Morgan fingerprint density at radius 3 is 2.78 bits per heavy atom. The molecule has 4 heteroatoms. The van der Waals surface area contributed by atoms with E-state index in [1.165, 1.54) is 0 Å². The van der Waals surface area contributed by atoms with Gasteiger partial charge in [0.25, 0.3) is 0 Å². The fraction of sp³-hybridized carbons (Fsp3) is 0.214. The van der Waals surface area contributed by atoms with Gasteiger partial charge in [-0.3, -0.25) is 4.79 Å². The fourth-order valence-electron chi connectivity index (χ4n) is 2.34. The van der Waals surface area contributed by atoms with Crippen molar-refractivity contribution in [3.63, 3.8) is 0 Å². The van der Waals surface area contributed by atoms with Crippen molar-refractivity contribution >= 4 is 33.0 Å². The summed E-state index contributed by atoms with van der Waals surface area (Å²) in [5, 5.41) is 1.95. The number of ketones is 1. The number of fused-ring (bicyclic) bond motifs is 2. The second-order valence-corrected chi connectivity index (χ2v) is 6.11. The molecular weight excluding hydrogens is 312 g/mol. The molecule has 3 rings (SSSR count). The van der Waals surface area contributed by atoms with Gasteiger partial charge in [-0.1, -0.05) is 40.2 Å². The van der Waals surface area contributed by atoms with Crippen molar-refractivity contribution < 1.29 is 9.53 Å². The normalized spacial score (nSPS) is 22.2. The number of carbonyl (C=O) groups excluding carboxylic acids is 1. The van der Waals surface area contributed by atoms with Crippen LogP contribution in [0.1, 0.15) is 37.3 Å². The predicted molar refractivity (Wildman–Crippen MR) is 75.6 cm³/mol. The summed E-state index contributed by atoms with van der Waals surface area (Å²) in [6, 6.07) is 9.60. The molecule has 0 radical (unpaired) electrons. The van der Waals surface area contributed by atoms with Crippen molar-refractivity contribution in [1.82, 2.24) is 0 Å². The Labute approximate surface area is 118 Å². The molecule has 1 aliphatic rings. The average molecular weight is 323 g/mol. The van der Waals surface area contributed by atoms with Crippen LogP contribution in [0.5, 0.6) is 0 Å². The molecule has 2 nitrogen and oxygen atoms in total. The molecule has 2 unspecified atom stereocenters. The van der Waals surface area contributed by atoms with Crippen LogP contribution in [0.2, 0.25) is 0 Å². The minimum atomic E-state index is -0.118. The Hall–Kier alpha value is -0.970. The van der Waals surface area contributed by atoms with E-state index in [-0.39, 0.29) is 16.7 Å². The van der Waals surface area contributed by atoms with Gasteiger partial charge in [0.1, 0.15) is 6.10 Å². The lowest BCUT2D eigenvalue weighted by molar-refractivity contribution is 0.101. The van der Waals surface area contributed by atoms with Crippen molar-refractivity contribution in [2.24, 2.45) is 0 Å². The van der Waals surface area contributed by atoms with Crippen LogP contribution in [0, 0.1) is 0 Å². The van der Waals surface area contributed by atoms with E-state index >= 15 is 0 Å². The molecule has 1 aliphatic carbocycles. The SMILES string of the molecule is COC1c2sccc2C(=O)c2ccccc2C1Br. The van der Waals surface area contributed by atoms with E-state index in [0.717, 1.165) is 21.6 Å². The summed E-state index contributed by atoms with van der Waals surface area (Å²) in [5.74, 6) is 0.0888. The van der Waals surface area contributed by atoms with Crippen LogP contribution in [0.15, 0.2) is 35.7 Å². The van der Waals surface area contributed by atoms with Crippen molar-refractivity contribution in [3.05, 3.63) is 57.3 Å². The van der Waals surface area contributed by atoms with E-state index in [2.05, 4.69) is 15.9 Å². The molecule has 1 aromatic carbocycles. The van der Waals surface area contributed by atoms with Gasteiger partial charge in [-0.25, -0.2) is 0 Å². The maximum Gasteiger partial charge on any atom is 0.194 e. The molecule has 0 amide bonds. The first kappa shape index (κ1) is 12.1. The van der Waals surface area contributed by atoms with Crippen LogP contribution in [-0.4, -0.2) is 12.9 Å². The third-order valence-electron chi connectivity index (χ3n) is 3.22. The second-order valence-electron chi connectivity index (χ2n) is 4.17.